The second-order valence-corrected chi connectivity index (χ2v) is 4.40. The van der Waals surface area contributed by atoms with Crippen LogP contribution in [0.15, 0.2) is 0 Å². The van der Waals surface area contributed by atoms with Crippen LogP contribution in [-0.4, -0.2) is 18.9 Å². The monoisotopic (exact) mass is 196 g/mol. The van der Waals surface area contributed by atoms with E-state index in [0.29, 0.717) is 12.5 Å². The number of carbonyl (C=O) groups excluding carboxylic acids is 2. The molecule has 2 saturated carbocycles. The van der Waals surface area contributed by atoms with Crippen molar-refractivity contribution in [2.75, 3.05) is 6.61 Å². The summed E-state index contributed by atoms with van der Waals surface area (Å²) in [6.07, 6.45) is 4.00. The van der Waals surface area contributed by atoms with Crippen molar-refractivity contribution >= 4 is 12.3 Å². The van der Waals surface area contributed by atoms with E-state index in [1.54, 1.807) is 0 Å². The standard InChI is InChI=1S/C11H16O3/c1-2-14-11(13)10-5-7-3-8(6-12)9(10)4-7/h6-10H,2-5H2,1H3/t7-,8+,9-,10-/m0/s1. The Bertz CT molecular complexity index is 249. The lowest BCUT2D eigenvalue weighted by molar-refractivity contribution is -0.150. The summed E-state index contributed by atoms with van der Waals surface area (Å²) in [6, 6.07) is 0. The van der Waals surface area contributed by atoms with Gasteiger partial charge in [0.2, 0.25) is 0 Å². The highest BCUT2D eigenvalue weighted by Crippen LogP contribution is 2.51. The Kier molecular flexibility index (Phi) is 2.57. The van der Waals surface area contributed by atoms with E-state index in [0.717, 1.165) is 25.5 Å². The van der Waals surface area contributed by atoms with Crippen LogP contribution in [0.3, 0.4) is 0 Å². The van der Waals surface area contributed by atoms with Crippen LogP contribution in [0.1, 0.15) is 26.2 Å². The molecule has 3 nitrogen and oxygen atoms in total. The van der Waals surface area contributed by atoms with Gasteiger partial charge in [-0.3, -0.25) is 4.79 Å². The molecule has 0 amide bonds. The van der Waals surface area contributed by atoms with E-state index < -0.39 is 0 Å². The molecule has 14 heavy (non-hydrogen) atoms. The Morgan fingerprint density at radius 1 is 1.43 bits per heavy atom. The lowest BCUT2D eigenvalue weighted by Crippen LogP contribution is -2.29. The molecule has 0 N–H and O–H groups in total. The largest absolute Gasteiger partial charge is 0.466 e. The van der Waals surface area contributed by atoms with Crippen LogP contribution in [0.2, 0.25) is 0 Å². The average Bonchev–Trinajstić information content (AvgIpc) is 2.76. The molecule has 2 bridgehead atoms. The van der Waals surface area contributed by atoms with Crippen molar-refractivity contribution in [2.24, 2.45) is 23.7 Å². The van der Waals surface area contributed by atoms with Gasteiger partial charge in [-0.05, 0) is 38.0 Å². The third kappa shape index (κ3) is 1.45. The first-order valence-corrected chi connectivity index (χ1v) is 5.38. The smallest absolute Gasteiger partial charge is 0.309 e. The van der Waals surface area contributed by atoms with Gasteiger partial charge in [-0.1, -0.05) is 0 Å². The van der Waals surface area contributed by atoms with E-state index in [-0.39, 0.29) is 23.7 Å². The zero-order valence-electron chi connectivity index (χ0n) is 8.44. The first-order valence-electron chi connectivity index (χ1n) is 5.38. The zero-order chi connectivity index (χ0) is 10.1. The minimum absolute atomic E-state index is 0.00361. The number of carbonyl (C=O) groups is 2. The highest BCUT2D eigenvalue weighted by molar-refractivity contribution is 5.74. The maximum atomic E-state index is 11.6. The van der Waals surface area contributed by atoms with Gasteiger partial charge < -0.3 is 9.53 Å². The Balaban J connectivity index is 2.02. The number of rotatable bonds is 3. The second kappa shape index (κ2) is 3.71. The lowest BCUT2D eigenvalue weighted by Gasteiger charge is -2.24. The summed E-state index contributed by atoms with van der Waals surface area (Å²) < 4.78 is 5.02. The molecule has 2 rings (SSSR count). The van der Waals surface area contributed by atoms with Crippen molar-refractivity contribution in [3.63, 3.8) is 0 Å². The third-order valence-corrected chi connectivity index (χ3v) is 3.63. The molecule has 0 aromatic heterocycles. The molecule has 4 atom stereocenters. The van der Waals surface area contributed by atoms with E-state index in [1.165, 1.54) is 0 Å². The summed E-state index contributed by atoms with van der Waals surface area (Å²) in [4.78, 5) is 22.3. The number of fused-ring (bicyclic) bond motifs is 2. The van der Waals surface area contributed by atoms with Gasteiger partial charge in [0.15, 0.2) is 0 Å². The molecular formula is C11H16O3. The Morgan fingerprint density at radius 3 is 2.79 bits per heavy atom. The molecule has 2 aliphatic carbocycles. The van der Waals surface area contributed by atoms with E-state index >= 15 is 0 Å². The molecular weight excluding hydrogens is 180 g/mol. The Hall–Kier alpha value is -0.860. The molecule has 0 saturated heterocycles. The maximum absolute atomic E-state index is 11.6. The second-order valence-electron chi connectivity index (χ2n) is 4.40. The van der Waals surface area contributed by atoms with Gasteiger partial charge in [0, 0.05) is 5.92 Å². The first kappa shape index (κ1) is 9.69. The first-order chi connectivity index (χ1) is 6.76. The highest BCUT2D eigenvalue weighted by atomic mass is 16.5. The SMILES string of the molecule is CCOC(=O)[C@H]1C[C@@H]2C[C@H]1[C@@H](C=O)C2. The summed E-state index contributed by atoms with van der Waals surface area (Å²) in [5, 5.41) is 0. The van der Waals surface area contributed by atoms with Crippen molar-refractivity contribution in [1.82, 2.24) is 0 Å². The van der Waals surface area contributed by atoms with Gasteiger partial charge in [0.1, 0.15) is 6.29 Å². The molecule has 0 spiro atoms. The molecule has 0 heterocycles. The number of aldehydes is 1. The van der Waals surface area contributed by atoms with E-state index in [4.69, 9.17) is 4.74 Å². The minimum Gasteiger partial charge on any atom is -0.466 e. The molecule has 78 valence electrons. The highest BCUT2D eigenvalue weighted by Gasteiger charge is 2.49. The number of hydrogen-bond acceptors (Lipinski definition) is 3. The topological polar surface area (TPSA) is 43.4 Å². The van der Waals surface area contributed by atoms with E-state index in [9.17, 15) is 9.59 Å². The van der Waals surface area contributed by atoms with Crippen LogP contribution < -0.4 is 0 Å². The van der Waals surface area contributed by atoms with Crippen LogP contribution >= 0.6 is 0 Å². The van der Waals surface area contributed by atoms with Crippen molar-refractivity contribution in [2.45, 2.75) is 26.2 Å². The van der Waals surface area contributed by atoms with Gasteiger partial charge in [-0.15, -0.1) is 0 Å². The van der Waals surface area contributed by atoms with Crippen LogP contribution in [0.25, 0.3) is 0 Å². The number of ether oxygens (including phenoxy) is 1. The molecule has 2 aliphatic rings. The Labute approximate surface area is 83.8 Å². The molecule has 3 heteroatoms. The summed E-state index contributed by atoms with van der Waals surface area (Å²) in [6.45, 7) is 2.26. The van der Waals surface area contributed by atoms with Gasteiger partial charge >= 0.3 is 5.97 Å². The maximum Gasteiger partial charge on any atom is 0.309 e. The van der Waals surface area contributed by atoms with Crippen LogP contribution in [0.4, 0.5) is 0 Å². The zero-order valence-corrected chi connectivity index (χ0v) is 8.44. The summed E-state index contributed by atoms with van der Waals surface area (Å²) >= 11 is 0. The minimum atomic E-state index is -0.0912. The molecule has 0 aromatic carbocycles. The molecule has 0 radical (unpaired) electrons. The van der Waals surface area contributed by atoms with Crippen molar-refractivity contribution < 1.29 is 14.3 Å². The average molecular weight is 196 g/mol. The fourth-order valence-corrected chi connectivity index (χ4v) is 3.08. The fourth-order valence-electron chi connectivity index (χ4n) is 3.08. The number of hydrogen-bond donors (Lipinski definition) is 0. The van der Waals surface area contributed by atoms with E-state index in [2.05, 4.69) is 0 Å². The molecule has 2 fully saturated rings. The van der Waals surface area contributed by atoms with Crippen molar-refractivity contribution in [1.29, 1.82) is 0 Å². The van der Waals surface area contributed by atoms with Gasteiger partial charge in [-0.2, -0.15) is 0 Å². The van der Waals surface area contributed by atoms with Gasteiger partial charge in [-0.25, -0.2) is 0 Å². The fraction of sp³-hybridized carbons (Fsp3) is 0.818. The quantitative estimate of drug-likeness (QED) is 0.506. The molecule has 0 unspecified atom stereocenters. The van der Waals surface area contributed by atoms with Gasteiger partial charge in [0.05, 0.1) is 12.5 Å². The van der Waals surface area contributed by atoms with Crippen LogP contribution in [0.5, 0.6) is 0 Å². The van der Waals surface area contributed by atoms with Crippen molar-refractivity contribution in [3.05, 3.63) is 0 Å². The summed E-state index contributed by atoms with van der Waals surface area (Å²) in [7, 11) is 0. The summed E-state index contributed by atoms with van der Waals surface area (Å²) in [5.41, 5.74) is 0. The predicted octanol–water partition coefficient (Wildman–Crippen LogP) is 1.41. The van der Waals surface area contributed by atoms with Crippen LogP contribution in [-0.2, 0) is 14.3 Å². The normalized spacial score (nSPS) is 39.8. The van der Waals surface area contributed by atoms with Crippen molar-refractivity contribution in [3.8, 4) is 0 Å². The lowest BCUT2D eigenvalue weighted by atomic mass is 9.81. The van der Waals surface area contributed by atoms with Crippen LogP contribution in [0, 0.1) is 23.7 Å². The molecule has 0 aliphatic heterocycles. The molecule has 0 aromatic rings. The van der Waals surface area contributed by atoms with Gasteiger partial charge in [0.25, 0.3) is 0 Å². The summed E-state index contributed by atoms with van der Waals surface area (Å²) in [5.74, 6) is 0.889. The van der Waals surface area contributed by atoms with E-state index in [1.807, 2.05) is 6.92 Å². The number of esters is 1. The Morgan fingerprint density at radius 2 is 2.21 bits per heavy atom. The predicted molar refractivity (Wildman–Crippen MR) is 50.5 cm³/mol. The third-order valence-electron chi connectivity index (χ3n) is 3.63.